The van der Waals surface area contributed by atoms with E-state index in [1.165, 1.54) is 0 Å². The number of nitrogens with zero attached hydrogens (tertiary/aromatic N) is 5. The van der Waals surface area contributed by atoms with Crippen LogP contribution < -0.4 is 0 Å². The summed E-state index contributed by atoms with van der Waals surface area (Å²) in [6, 6.07) is 0. The second-order valence-electron chi connectivity index (χ2n) is 0. The van der Waals surface area contributed by atoms with Crippen molar-refractivity contribution in [2.45, 2.75) is 0 Å². The Labute approximate surface area is 82.3 Å². The first-order valence-electron chi connectivity index (χ1n) is 1.12. The van der Waals surface area contributed by atoms with Gasteiger partial charge in [0.05, 0.1) is 0 Å². The van der Waals surface area contributed by atoms with Crippen LogP contribution in [0, 0.1) is 59.2 Å². The van der Waals surface area contributed by atoms with Gasteiger partial charge < -0.3 is 64.6 Å². The summed E-state index contributed by atoms with van der Waals surface area (Å²) in [4.78, 5) is 0. The minimum Gasteiger partial charge on any atom is -0.512 e. The normalized spacial score (nSPS) is 0.833. The Morgan fingerprint density at radius 1 is 0.417 bits per heavy atom. The molecule has 0 aromatic carbocycles. The van der Waals surface area contributed by atoms with Crippen molar-refractivity contribution in [3.8, 4) is 0 Å². The third-order valence-electron chi connectivity index (χ3n) is 0. The summed E-state index contributed by atoms with van der Waals surface area (Å²) >= 11 is 0. The average Bonchev–Trinajstić information content (AvgIpc) is 2.20. The molecular formula is C5H2FeN5O. The molecule has 0 amide bonds. The van der Waals surface area contributed by atoms with Gasteiger partial charge in [0.1, 0.15) is 0 Å². The van der Waals surface area contributed by atoms with Crippen LogP contribution in [0.1, 0.15) is 0 Å². The van der Waals surface area contributed by atoms with Crippen molar-refractivity contribution in [2.24, 2.45) is 0 Å². The predicted octanol–water partition coefficient (Wildman–Crippen LogP) is -0.345. The smallest absolute Gasteiger partial charge is 0.512 e. The molecule has 7 heteroatoms. The van der Waals surface area contributed by atoms with Gasteiger partial charge in [0.25, 0.3) is 0 Å². The van der Waals surface area contributed by atoms with E-state index in [-0.39, 0.29) is 22.5 Å². The van der Waals surface area contributed by atoms with Crippen molar-refractivity contribution in [3.05, 3.63) is 32.9 Å². The number of rotatable bonds is 0. The van der Waals surface area contributed by atoms with E-state index in [0.717, 1.165) is 0 Å². The van der Waals surface area contributed by atoms with E-state index in [4.69, 9.17) is 59.2 Å². The van der Waals surface area contributed by atoms with Crippen LogP contribution in [0.25, 0.3) is 0 Å². The summed E-state index contributed by atoms with van der Waals surface area (Å²) in [7, 11) is 0. The zero-order chi connectivity index (χ0) is 10.0. The van der Waals surface area contributed by atoms with E-state index in [0.29, 0.717) is 0 Å². The summed E-state index contributed by atoms with van der Waals surface area (Å²) in [5.41, 5.74) is 0. The van der Waals surface area contributed by atoms with E-state index < -0.39 is 0 Å². The first-order chi connectivity index (χ1) is 5.00. The van der Waals surface area contributed by atoms with E-state index in [9.17, 15) is 0 Å². The molecule has 0 heterocycles. The minimum absolute atomic E-state index is 0. The van der Waals surface area contributed by atoms with Gasteiger partial charge in [-0.15, -0.1) is 0 Å². The Kier molecular flexibility index (Phi) is 1010. The molecule has 0 unspecified atom stereocenters. The molecule has 0 saturated heterocycles. The van der Waals surface area contributed by atoms with Crippen molar-refractivity contribution in [1.82, 2.24) is 0 Å². The van der Waals surface area contributed by atoms with Crippen LogP contribution in [-0.4, -0.2) is 5.48 Å². The SMILES string of the molecule is O.[C-]#N.[C-]#N.[C-]#N.[C-]#N.[C-]#N.[Fe+5]. The van der Waals surface area contributed by atoms with Crippen LogP contribution in [0.4, 0.5) is 0 Å². The van der Waals surface area contributed by atoms with Crippen LogP contribution in [-0.2, 0) is 17.1 Å². The summed E-state index contributed by atoms with van der Waals surface area (Å²) < 4.78 is 0. The van der Waals surface area contributed by atoms with Gasteiger partial charge in [0, 0.05) is 0 Å². The van der Waals surface area contributed by atoms with Crippen molar-refractivity contribution < 1.29 is 22.5 Å². The fourth-order valence-corrected chi connectivity index (χ4v) is 0. The summed E-state index contributed by atoms with van der Waals surface area (Å²) in [5, 5.41) is 31.2. The minimum atomic E-state index is 0. The Hall–Kier alpha value is -2.07. The fourth-order valence-electron chi connectivity index (χ4n) is 0. The van der Waals surface area contributed by atoms with Crippen molar-refractivity contribution >= 4 is 0 Å². The Morgan fingerprint density at radius 3 is 0.417 bits per heavy atom. The van der Waals surface area contributed by atoms with Gasteiger partial charge in [-0.25, -0.2) is 0 Å². The van der Waals surface area contributed by atoms with Crippen LogP contribution in [0.5, 0.6) is 0 Å². The molecule has 1 radical (unpaired) electrons. The van der Waals surface area contributed by atoms with E-state index >= 15 is 0 Å². The molecule has 0 aromatic heterocycles. The molecule has 0 aromatic rings. The monoisotopic (exact) mass is 204 g/mol. The van der Waals surface area contributed by atoms with Gasteiger partial charge in [-0.1, -0.05) is 0 Å². The molecule has 0 bridgehead atoms. The molecule has 0 aliphatic heterocycles. The number of hydrogen-bond donors (Lipinski definition) is 0. The van der Waals surface area contributed by atoms with Crippen LogP contribution >= 0.6 is 0 Å². The molecule has 12 heavy (non-hydrogen) atoms. The maximum Gasteiger partial charge on any atom is 5.00 e. The molecule has 0 fully saturated rings. The molecule has 61 valence electrons. The van der Waals surface area contributed by atoms with Gasteiger partial charge in [-0.05, 0) is 0 Å². The van der Waals surface area contributed by atoms with E-state index in [1.807, 2.05) is 0 Å². The zero-order valence-electron chi connectivity index (χ0n) is 5.59. The quantitative estimate of drug-likeness (QED) is 0.390. The molecule has 0 saturated carbocycles. The van der Waals surface area contributed by atoms with Crippen molar-refractivity contribution in [2.75, 3.05) is 0 Å². The maximum atomic E-state index is 6.25. The van der Waals surface area contributed by atoms with Gasteiger partial charge in [-0.3, -0.25) is 0 Å². The molecule has 0 aliphatic carbocycles. The van der Waals surface area contributed by atoms with Gasteiger partial charge >= 0.3 is 17.1 Å². The summed E-state index contributed by atoms with van der Waals surface area (Å²) in [5.74, 6) is 0. The topological polar surface area (TPSA) is 150 Å². The van der Waals surface area contributed by atoms with Crippen LogP contribution in [0.3, 0.4) is 0 Å². The summed E-state index contributed by atoms with van der Waals surface area (Å²) in [6.07, 6.45) is 0. The molecule has 2 N–H and O–H groups in total. The Morgan fingerprint density at radius 2 is 0.417 bits per heavy atom. The third-order valence-corrected chi connectivity index (χ3v) is 0. The zero-order valence-corrected chi connectivity index (χ0v) is 6.69. The molecule has 0 atom stereocenters. The maximum absolute atomic E-state index is 6.25. The van der Waals surface area contributed by atoms with Gasteiger partial charge in [-0.2, -0.15) is 0 Å². The molecule has 6 nitrogen and oxygen atoms in total. The number of hydrogen-bond acceptors (Lipinski definition) is 5. The largest absolute Gasteiger partial charge is 5.00 e. The predicted molar refractivity (Wildman–Crippen MR) is 28.5 cm³/mol. The fraction of sp³-hybridized carbons (Fsp3) is 0. The second kappa shape index (κ2) is 131. The van der Waals surface area contributed by atoms with Crippen LogP contribution in [0.2, 0.25) is 0 Å². The Bertz CT molecular complexity index is 78.4. The Balaban J connectivity index is -0.00000000500. The average molecular weight is 204 g/mol. The molecule has 0 spiro atoms. The van der Waals surface area contributed by atoms with Gasteiger partial charge in [0.15, 0.2) is 0 Å². The van der Waals surface area contributed by atoms with Crippen molar-refractivity contribution in [3.63, 3.8) is 0 Å². The molecule has 0 rings (SSSR count). The second-order valence-corrected chi connectivity index (χ2v) is 0. The van der Waals surface area contributed by atoms with Gasteiger partial charge in [0.2, 0.25) is 0 Å². The van der Waals surface area contributed by atoms with Crippen molar-refractivity contribution in [1.29, 1.82) is 26.3 Å². The molecular weight excluding hydrogens is 202 g/mol. The van der Waals surface area contributed by atoms with E-state index in [2.05, 4.69) is 0 Å². The first-order valence-corrected chi connectivity index (χ1v) is 1.12. The first kappa shape index (κ1) is 92.3. The standard InChI is InChI=1S/5CN.Fe.H2O/c5*1-2;;/h;;;;;;1H2/q5*-1;+5;. The molecule has 0 aliphatic rings. The summed E-state index contributed by atoms with van der Waals surface area (Å²) in [6.45, 7) is 23.8. The third kappa shape index (κ3) is 88.8. The van der Waals surface area contributed by atoms with E-state index in [1.54, 1.807) is 0 Å². The van der Waals surface area contributed by atoms with Crippen LogP contribution in [0.15, 0.2) is 0 Å².